The highest BCUT2D eigenvalue weighted by Gasteiger charge is 2.16. The Labute approximate surface area is 145 Å². The quantitative estimate of drug-likeness (QED) is 0.889. The molecule has 1 N–H and O–H groups in total. The topological polar surface area (TPSA) is 71.3 Å². The molecule has 1 aromatic heterocycles. The number of aromatic nitrogens is 2. The second-order valence-electron chi connectivity index (χ2n) is 5.50. The minimum atomic E-state index is -0.302. The lowest BCUT2D eigenvalue weighted by atomic mass is 10.2. The van der Waals surface area contributed by atoms with Crippen LogP contribution in [0, 0.1) is 5.82 Å². The molecule has 1 aromatic carbocycles. The van der Waals surface area contributed by atoms with Gasteiger partial charge in [-0.05, 0) is 30.7 Å². The molecule has 2 aromatic rings. The Hall–Kier alpha value is -1.99. The molecule has 0 spiro atoms. The molecule has 2 heterocycles. The first-order valence-corrected chi connectivity index (χ1v) is 7.79. The van der Waals surface area contributed by atoms with Gasteiger partial charge in [0.15, 0.2) is 0 Å². The zero-order chi connectivity index (χ0) is 16.1. The number of carbonyl (C=O) groups is 1. The number of rotatable bonds is 5. The second kappa shape index (κ2) is 8.75. The summed E-state index contributed by atoms with van der Waals surface area (Å²) in [5, 5.41) is 7.11. The lowest BCUT2D eigenvalue weighted by Gasteiger charge is -2.27. The maximum absolute atomic E-state index is 12.9. The molecular weight excluding hydrogens is 335 g/mol. The van der Waals surface area contributed by atoms with Gasteiger partial charge in [0.1, 0.15) is 5.82 Å². The molecule has 1 aliphatic rings. The van der Waals surface area contributed by atoms with Crippen molar-refractivity contribution in [2.24, 2.45) is 0 Å². The summed E-state index contributed by atoms with van der Waals surface area (Å²) >= 11 is 0. The minimum absolute atomic E-state index is 0. The minimum Gasteiger partial charge on any atom is -0.340 e. The van der Waals surface area contributed by atoms with Crippen molar-refractivity contribution < 1.29 is 13.7 Å². The Morgan fingerprint density at radius 1 is 1.25 bits per heavy atom. The van der Waals surface area contributed by atoms with Crippen molar-refractivity contribution in [3.05, 3.63) is 36.0 Å². The molecule has 0 bridgehead atoms. The van der Waals surface area contributed by atoms with E-state index in [1.165, 1.54) is 12.1 Å². The van der Waals surface area contributed by atoms with Crippen molar-refractivity contribution in [3.8, 4) is 11.4 Å². The van der Waals surface area contributed by atoms with Gasteiger partial charge in [0, 0.05) is 44.6 Å². The number of nitrogens with zero attached hydrogens (tertiary/aromatic N) is 3. The smallest absolute Gasteiger partial charge is 0.226 e. The lowest BCUT2D eigenvalue weighted by molar-refractivity contribution is -0.131. The van der Waals surface area contributed by atoms with E-state index >= 15 is 0 Å². The van der Waals surface area contributed by atoms with Gasteiger partial charge >= 0.3 is 0 Å². The predicted octanol–water partition coefficient (Wildman–Crippen LogP) is 2.05. The van der Waals surface area contributed by atoms with Gasteiger partial charge in [0.2, 0.25) is 17.6 Å². The molecule has 1 amide bonds. The monoisotopic (exact) mass is 354 g/mol. The van der Waals surface area contributed by atoms with Crippen LogP contribution in [0.25, 0.3) is 11.4 Å². The molecule has 1 saturated heterocycles. The molecule has 130 valence electrons. The summed E-state index contributed by atoms with van der Waals surface area (Å²) in [7, 11) is 0. The van der Waals surface area contributed by atoms with Crippen LogP contribution in [-0.4, -0.2) is 47.1 Å². The number of halogens is 2. The summed E-state index contributed by atoms with van der Waals surface area (Å²) in [6, 6.07) is 5.94. The van der Waals surface area contributed by atoms with Gasteiger partial charge in [-0.25, -0.2) is 4.39 Å². The first-order chi connectivity index (χ1) is 11.2. The number of benzene rings is 1. The van der Waals surface area contributed by atoms with Gasteiger partial charge in [0.05, 0.1) is 0 Å². The molecule has 0 unspecified atom stereocenters. The maximum Gasteiger partial charge on any atom is 0.226 e. The summed E-state index contributed by atoms with van der Waals surface area (Å²) in [5.74, 6) is 0.805. The molecule has 3 rings (SSSR count). The van der Waals surface area contributed by atoms with Gasteiger partial charge in [-0.1, -0.05) is 5.16 Å². The molecule has 0 atom stereocenters. The van der Waals surface area contributed by atoms with Crippen molar-refractivity contribution in [2.45, 2.75) is 19.3 Å². The van der Waals surface area contributed by atoms with Crippen molar-refractivity contribution in [3.63, 3.8) is 0 Å². The zero-order valence-corrected chi connectivity index (χ0v) is 14.0. The maximum atomic E-state index is 12.9. The van der Waals surface area contributed by atoms with E-state index in [1.54, 1.807) is 12.1 Å². The van der Waals surface area contributed by atoms with Crippen LogP contribution in [0.1, 0.15) is 18.7 Å². The van der Waals surface area contributed by atoms with Gasteiger partial charge in [-0.2, -0.15) is 4.98 Å². The van der Waals surface area contributed by atoms with E-state index in [-0.39, 0.29) is 24.1 Å². The third-order valence-corrected chi connectivity index (χ3v) is 3.82. The van der Waals surface area contributed by atoms with Crippen LogP contribution in [0.2, 0.25) is 0 Å². The number of hydrogen-bond donors (Lipinski definition) is 1. The highest BCUT2D eigenvalue weighted by molar-refractivity contribution is 5.85. The molecule has 8 heteroatoms. The number of amides is 1. The Bertz CT molecular complexity index is 656. The van der Waals surface area contributed by atoms with Gasteiger partial charge in [-0.3, -0.25) is 4.79 Å². The highest BCUT2D eigenvalue weighted by atomic mass is 35.5. The molecule has 0 aliphatic carbocycles. The number of carbonyl (C=O) groups excluding carboxylic acids is 1. The third kappa shape index (κ3) is 4.75. The highest BCUT2D eigenvalue weighted by Crippen LogP contribution is 2.17. The first kappa shape index (κ1) is 18.4. The van der Waals surface area contributed by atoms with Crippen molar-refractivity contribution in [1.29, 1.82) is 0 Å². The van der Waals surface area contributed by atoms with E-state index in [1.807, 2.05) is 4.90 Å². The average molecular weight is 355 g/mol. The largest absolute Gasteiger partial charge is 0.340 e. The SMILES string of the molecule is Cl.O=C(CCCc1nc(-c2ccc(F)cc2)no1)N1CCNCC1. The molecule has 1 aliphatic heterocycles. The van der Waals surface area contributed by atoms with Crippen molar-refractivity contribution >= 4 is 18.3 Å². The molecule has 0 saturated carbocycles. The Balaban J connectivity index is 0.00000208. The summed E-state index contributed by atoms with van der Waals surface area (Å²) in [6.07, 6.45) is 1.72. The van der Waals surface area contributed by atoms with E-state index in [0.717, 1.165) is 26.2 Å². The third-order valence-electron chi connectivity index (χ3n) is 3.82. The van der Waals surface area contributed by atoms with Crippen LogP contribution >= 0.6 is 12.4 Å². The van der Waals surface area contributed by atoms with Gasteiger partial charge in [0.25, 0.3) is 0 Å². The predicted molar refractivity (Wildman–Crippen MR) is 89.3 cm³/mol. The number of piperazine rings is 1. The fourth-order valence-electron chi connectivity index (χ4n) is 2.54. The van der Waals surface area contributed by atoms with Crippen molar-refractivity contribution in [1.82, 2.24) is 20.4 Å². The average Bonchev–Trinajstić information content (AvgIpc) is 3.05. The normalized spacial score (nSPS) is 14.3. The van der Waals surface area contributed by atoms with Gasteiger partial charge < -0.3 is 14.7 Å². The molecular formula is C16H20ClFN4O2. The van der Waals surface area contributed by atoms with E-state index < -0.39 is 0 Å². The van der Waals surface area contributed by atoms with Crippen LogP contribution in [0.3, 0.4) is 0 Å². The standard InChI is InChI=1S/C16H19FN4O2.ClH/c17-13-6-4-12(5-7-13)16-19-14(23-20-16)2-1-3-15(22)21-10-8-18-9-11-21;/h4-7,18H,1-3,8-11H2;1H. The molecule has 24 heavy (non-hydrogen) atoms. The van der Waals surface area contributed by atoms with Crippen molar-refractivity contribution in [2.75, 3.05) is 26.2 Å². The summed E-state index contributed by atoms with van der Waals surface area (Å²) < 4.78 is 18.1. The van der Waals surface area contributed by atoms with E-state index in [9.17, 15) is 9.18 Å². The number of hydrogen-bond acceptors (Lipinski definition) is 5. The fraction of sp³-hybridized carbons (Fsp3) is 0.438. The van der Waals surface area contributed by atoms with Crippen LogP contribution in [0.4, 0.5) is 4.39 Å². The summed E-state index contributed by atoms with van der Waals surface area (Å²) in [5.41, 5.74) is 0.707. The summed E-state index contributed by atoms with van der Waals surface area (Å²) in [4.78, 5) is 18.2. The first-order valence-electron chi connectivity index (χ1n) is 7.79. The van der Waals surface area contributed by atoms with Crippen LogP contribution in [0.5, 0.6) is 0 Å². The second-order valence-corrected chi connectivity index (χ2v) is 5.50. The number of aryl methyl sites for hydroxylation is 1. The van der Waals surface area contributed by atoms with Crippen LogP contribution in [-0.2, 0) is 11.2 Å². The zero-order valence-electron chi connectivity index (χ0n) is 13.2. The van der Waals surface area contributed by atoms with Crippen LogP contribution in [0.15, 0.2) is 28.8 Å². The van der Waals surface area contributed by atoms with E-state index in [2.05, 4.69) is 15.5 Å². The molecule has 6 nitrogen and oxygen atoms in total. The van der Waals surface area contributed by atoms with E-state index in [4.69, 9.17) is 4.52 Å². The lowest BCUT2D eigenvalue weighted by Crippen LogP contribution is -2.46. The fourth-order valence-corrected chi connectivity index (χ4v) is 2.54. The Kier molecular flexibility index (Phi) is 6.69. The van der Waals surface area contributed by atoms with E-state index in [0.29, 0.717) is 36.5 Å². The number of nitrogens with one attached hydrogen (secondary N) is 1. The Morgan fingerprint density at radius 3 is 2.67 bits per heavy atom. The molecule has 1 fully saturated rings. The molecule has 0 radical (unpaired) electrons. The van der Waals surface area contributed by atoms with Gasteiger partial charge in [-0.15, -0.1) is 12.4 Å². The van der Waals surface area contributed by atoms with Crippen LogP contribution < -0.4 is 5.32 Å². The Morgan fingerprint density at radius 2 is 1.96 bits per heavy atom. The summed E-state index contributed by atoms with van der Waals surface area (Å²) in [6.45, 7) is 3.26.